The average molecular weight is 445 g/mol. The van der Waals surface area contributed by atoms with Crippen molar-refractivity contribution in [2.45, 2.75) is 58.9 Å². The smallest absolute Gasteiger partial charge is 0.217 e. The number of hydrogen-bond acceptors (Lipinski definition) is 7. The van der Waals surface area contributed by atoms with Crippen LogP contribution in [-0.2, 0) is 13.0 Å². The molecule has 1 N–H and O–H groups in total. The number of H-pyrrole nitrogens is 1. The summed E-state index contributed by atoms with van der Waals surface area (Å²) < 4.78 is 1.88. The van der Waals surface area contributed by atoms with Crippen LogP contribution in [0, 0.1) is 0 Å². The first kappa shape index (κ1) is 22.4. The van der Waals surface area contributed by atoms with Crippen LogP contribution in [-0.4, -0.2) is 46.2 Å². The molecule has 9 nitrogen and oxygen atoms in total. The van der Waals surface area contributed by atoms with E-state index in [0.29, 0.717) is 30.3 Å². The van der Waals surface area contributed by atoms with Crippen LogP contribution in [0.2, 0.25) is 0 Å². The van der Waals surface area contributed by atoms with Gasteiger partial charge in [0.2, 0.25) is 11.6 Å². The molecule has 33 heavy (non-hydrogen) atoms. The van der Waals surface area contributed by atoms with Crippen molar-refractivity contribution >= 4 is 5.78 Å². The summed E-state index contributed by atoms with van der Waals surface area (Å²) in [5.74, 6) is 1.74. The molecule has 3 heterocycles. The lowest BCUT2D eigenvalue weighted by Crippen LogP contribution is -2.08. The van der Waals surface area contributed by atoms with Gasteiger partial charge in [-0.2, -0.15) is 0 Å². The zero-order valence-electron chi connectivity index (χ0n) is 19.0. The fourth-order valence-corrected chi connectivity index (χ4v) is 3.73. The number of ketones is 1. The number of aromatic amines is 1. The molecule has 0 aliphatic rings. The molecule has 0 saturated carbocycles. The zero-order valence-corrected chi connectivity index (χ0v) is 19.0. The number of nitrogens with one attached hydrogen (secondary N) is 1. The number of tetrazole rings is 1. The summed E-state index contributed by atoms with van der Waals surface area (Å²) in [6, 6.07) is 12.1. The lowest BCUT2D eigenvalue weighted by atomic mass is 10.0. The van der Waals surface area contributed by atoms with Crippen LogP contribution in [0.1, 0.15) is 68.0 Å². The molecule has 0 bridgehead atoms. The molecule has 3 aromatic heterocycles. The number of hydrogen-bond donors (Lipinski definition) is 1. The summed E-state index contributed by atoms with van der Waals surface area (Å²) >= 11 is 0. The highest BCUT2D eigenvalue weighted by atomic mass is 16.1. The summed E-state index contributed by atoms with van der Waals surface area (Å²) in [5.41, 5.74) is 3.74. The molecule has 0 unspecified atom stereocenters. The Hall–Kier alpha value is -3.75. The fourth-order valence-electron chi connectivity index (χ4n) is 3.73. The number of carbonyl (C=O) groups is 1. The molecule has 0 fully saturated rings. The molecular formula is C24H28N8O. The summed E-state index contributed by atoms with van der Waals surface area (Å²) in [7, 11) is 0. The van der Waals surface area contributed by atoms with Gasteiger partial charge in [0.1, 0.15) is 11.5 Å². The van der Waals surface area contributed by atoms with E-state index < -0.39 is 0 Å². The Morgan fingerprint density at radius 2 is 1.91 bits per heavy atom. The predicted molar refractivity (Wildman–Crippen MR) is 124 cm³/mol. The highest BCUT2D eigenvalue weighted by Gasteiger charge is 2.16. The van der Waals surface area contributed by atoms with Crippen LogP contribution in [0.15, 0.2) is 42.6 Å². The van der Waals surface area contributed by atoms with Gasteiger partial charge in [0.05, 0.1) is 6.54 Å². The van der Waals surface area contributed by atoms with Gasteiger partial charge in [-0.15, -0.1) is 10.2 Å². The predicted octanol–water partition coefficient (Wildman–Crippen LogP) is 4.28. The van der Waals surface area contributed by atoms with Crippen LogP contribution >= 0.6 is 0 Å². The highest BCUT2D eigenvalue weighted by Crippen LogP contribution is 2.28. The molecular weight excluding hydrogens is 416 g/mol. The number of benzene rings is 1. The summed E-state index contributed by atoms with van der Waals surface area (Å²) in [4.78, 5) is 21.4. The Morgan fingerprint density at radius 3 is 2.64 bits per heavy atom. The van der Waals surface area contributed by atoms with Crippen LogP contribution in [0.4, 0.5) is 0 Å². The van der Waals surface area contributed by atoms with E-state index in [1.54, 1.807) is 6.20 Å². The van der Waals surface area contributed by atoms with Crippen molar-refractivity contribution in [3.05, 3.63) is 59.8 Å². The Bertz CT molecular complexity index is 1180. The Balaban J connectivity index is 1.56. The lowest BCUT2D eigenvalue weighted by Gasteiger charge is -2.09. The summed E-state index contributed by atoms with van der Waals surface area (Å²) in [5, 5.41) is 18.6. The van der Waals surface area contributed by atoms with E-state index in [1.807, 2.05) is 23.7 Å². The number of aryl methyl sites for hydroxylation is 1. The Labute approximate surface area is 192 Å². The number of Topliss-reactive ketones (excluding diaryl/α,β-unsaturated/α-hetero) is 1. The molecule has 0 amide bonds. The third-order valence-electron chi connectivity index (χ3n) is 5.45. The van der Waals surface area contributed by atoms with Crippen molar-refractivity contribution in [2.75, 3.05) is 0 Å². The Kier molecular flexibility index (Phi) is 7.29. The van der Waals surface area contributed by atoms with Gasteiger partial charge in [0, 0.05) is 24.6 Å². The van der Waals surface area contributed by atoms with Crippen LogP contribution in [0.5, 0.6) is 0 Å². The topological polar surface area (TPSA) is 115 Å². The van der Waals surface area contributed by atoms with Crippen LogP contribution in [0.3, 0.4) is 0 Å². The molecule has 0 aliphatic heterocycles. The largest absolute Gasteiger partial charge is 0.291 e. The highest BCUT2D eigenvalue weighted by molar-refractivity contribution is 5.92. The number of pyridine rings is 1. The SMILES string of the molecule is CCCCCc1nc(C(=O)CCC)nn1Cc1ccc(-c2cccnc2-c2nnn[nH]2)cc1. The minimum absolute atomic E-state index is 0.00866. The number of aromatic nitrogens is 8. The minimum atomic E-state index is 0.00866. The van der Waals surface area contributed by atoms with Crippen LogP contribution in [0.25, 0.3) is 22.6 Å². The second-order valence-electron chi connectivity index (χ2n) is 7.99. The lowest BCUT2D eigenvalue weighted by molar-refractivity contribution is 0.0971. The summed E-state index contributed by atoms with van der Waals surface area (Å²) in [6.07, 6.45) is 7.11. The van der Waals surface area contributed by atoms with Crippen molar-refractivity contribution in [1.82, 2.24) is 40.4 Å². The van der Waals surface area contributed by atoms with E-state index in [9.17, 15) is 4.79 Å². The third kappa shape index (κ3) is 5.36. The second-order valence-corrected chi connectivity index (χ2v) is 7.99. The minimum Gasteiger partial charge on any atom is -0.291 e. The average Bonchev–Trinajstić information content (AvgIpc) is 3.51. The van der Waals surface area contributed by atoms with Crippen molar-refractivity contribution in [2.24, 2.45) is 0 Å². The molecule has 0 spiro atoms. The maximum absolute atomic E-state index is 12.4. The Morgan fingerprint density at radius 1 is 1.06 bits per heavy atom. The van der Waals surface area contributed by atoms with Gasteiger partial charge in [-0.25, -0.2) is 14.8 Å². The maximum Gasteiger partial charge on any atom is 0.217 e. The van der Waals surface area contributed by atoms with Crippen LogP contribution < -0.4 is 0 Å². The van der Waals surface area contributed by atoms with E-state index in [-0.39, 0.29) is 5.78 Å². The van der Waals surface area contributed by atoms with Gasteiger partial charge in [0.15, 0.2) is 5.82 Å². The van der Waals surface area contributed by atoms with Gasteiger partial charge in [-0.1, -0.05) is 57.0 Å². The third-order valence-corrected chi connectivity index (χ3v) is 5.45. The quantitative estimate of drug-likeness (QED) is 0.271. The van der Waals surface area contributed by atoms with Crippen molar-refractivity contribution in [1.29, 1.82) is 0 Å². The first-order chi connectivity index (χ1) is 16.2. The molecule has 0 atom stereocenters. The molecule has 1 aromatic carbocycles. The second kappa shape index (κ2) is 10.7. The normalized spacial score (nSPS) is 11.1. The first-order valence-electron chi connectivity index (χ1n) is 11.4. The van der Waals surface area contributed by atoms with E-state index in [1.165, 1.54) is 0 Å². The number of carbonyl (C=O) groups excluding carboxylic acids is 1. The molecule has 0 radical (unpaired) electrons. The standard InChI is InChI=1S/C24H28N8O/c1-3-5-6-10-21-26-23(20(33)8-4-2)29-32(21)16-17-11-13-18(14-12-17)19-9-7-15-25-22(19)24-27-30-31-28-24/h7,9,11-15H,3-6,8,10,16H2,1-2H3,(H,27,28,30,31). The van der Waals surface area contributed by atoms with Gasteiger partial charge in [0.25, 0.3) is 0 Å². The number of unbranched alkanes of at least 4 members (excludes halogenated alkanes) is 2. The van der Waals surface area contributed by atoms with Gasteiger partial charge in [-0.05, 0) is 40.5 Å². The maximum atomic E-state index is 12.4. The van der Waals surface area contributed by atoms with E-state index >= 15 is 0 Å². The van der Waals surface area contributed by atoms with Crippen molar-refractivity contribution < 1.29 is 4.79 Å². The number of rotatable bonds is 11. The van der Waals surface area contributed by atoms with Gasteiger partial charge in [-0.3, -0.25) is 9.78 Å². The molecule has 0 saturated heterocycles. The fraction of sp³-hybridized carbons (Fsp3) is 0.375. The van der Waals surface area contributed by atoms with Gasteiger partial charge >= 0.3 is 0 Å². The van der Waals surface area contributed by atoms with Gasteiger partial charge < -0.3 is 0 Å². The van der Waals surface area contributed by atoms with E-state index in [2.05, 4.69) is 66.9 Å². The van der Waals surface area contributed by atoms with Crippen molar-refractivity contribution in [3.8, 4) is 22.6 Å². The van der Waals surface area contributed by atoms with E-state index in [4.69, 9.17) is 0 Å². The van der Waals surface area contributed by atoms with Crippen molar-refractivity contribution in [3.63, 3.8) is 0 Å². The molecule has 0 aliphatic carbocycles. The molecule has 4 aromatic rings. The first-order valence-corrected chi connectivity index (χ1v) is 11.4. The molecule has 4 rings (SSSR count). The monoisotopic (exact) mass is 444 g/mol. The molecule has 9 heteroatoms. The van der Waals surface area contributed by atoms with E-state index in [0.717, 1.165) is 54.6 Å². The number of nitrogens with zero attached hydrogens (tertiary/aromatic N) is 7. The molecule has 170 valence electrons. The summed E-state index contributed by atoms with van der Waals surface area (Å²) in [6.45, 7) is 4.74. The zero-order chi connectivity index (χ0) is 23.0.